The SMILES string of the molecule is Cc1ccc(S(=O)(=O)Nc2ccc3c(c2)CC(=O)N([C@@H](C)CO)C[C@H](C)[C@@H](CN(C)Cc2ccc(-c4ccccc4)cc2)O3)cc1. The van der Waals surface area contributed by atoms with E-state index in [-0.39, 0.29) is 41.9 Å². The van der Waals surface area contributed by atoms with Gasteiger partial charge in [0, 0.05) is 36.8 Å². The van der Waals surface area contributed by atoms with Gasteiger partial charge in [0.2, 0.25) is 5.91 Å². The van der Waals surface area contributed by atoms with Gasteiger partial charge in [0.15, 0.2) is 0 Å². The van der Waals surface area contributed by atoms with Crippen LogP contribution in [0.25, 0.3) is 11.1 Å². The van der Waals surface area contributed by atoms with Crippen LogP contribution in [0.5, 0.6) is 5.75 Å². The first-order valence-corrected chi connectivity index (χ1v) is 17.1. The topological polar surface area (TPSA) is 99.2 Å². The number of fused-ring (bicyclic) bond motifs is 1. The van der Waals surface area contributed by atoms with Gasteiger partial charge in [0.05, 0.1) is 24.0 Å². The van der Waals surface area contributed by atoms with E-state index in [1.54, 1.807) is 47.4 Å². The van der Waals surface area contributed by atoms with Gasteiger partial charge in [-0.1, -0.05) is 79.2 Å². The van der Waals surface area contributed by atoms with Crippen LogP contribution >= 0.6 is 0 Å². The Morgan fingerprint density at radius 3 is 2.33 bits per heavy atom. The maximum Gasteiger partial charge on any atom is 0.261 e. The third-order valence-electron chi connectivity index (χ3n) is 8.51. The average Bonchev–Trinajstić information content (AvgIpc) is 3.08. The van der Waals surface area contributed by atoms with Gasteiger partial charge in [-0.05, 0) is 67.9 Å². The van der Waals surface area contributed by atoms with Gasteiger partial charge in [-0.3, -0.25) is 14.4 Å². The number of rotatable bonds is 10. The lowest BCUT2D eigenvalue weighted by Gasteiger charge is -2.34. The Hall–Kier alpha value is -4.18. The molecule has 0 bridgehead atoms. The molecule has 0 saturated carbocycles. The molecule has 1 aliphatic rings. The smallest absolute Gasteiger partial charge is 0.261 e. The highest BCUT2D eigenvalue weighted by Gasteiger charge is 2.31. The number of aliphatic hydroxyl groups excluding tert-OH is 1. The van der Waals surface area contributed by atoms with Crippen LogP contribution in [0.2, 0.25) is 0 Å². The van der Waals surface area contributed by atoms with E-state index in [1.807, 2.05) is 32.0 Å². The quantitative estimate of drug-likeness (QED) is 0.229. The number of likely N-dealkylation sites (N-methyl/N-ethyl adjacent to an activating group) is 1. The Morgan fingerprint density at radius 2 is 1.65 bits per heavy atom. The van der Waals surface area contributed by atoms with E-state index < -0.39 is 10.0 Å². The van der Waals surface area contributed by atoms with Crippen molar-refractivity contribution < 1.29 is 23.1 Å². The van der Waals surface area contributed by atoms with Gasteiger partial charge in [0.25, 0.3) is 10.0 Å². The first kappa shape index (κ1) is 33.2. The van der Waals surface area contributed by atoms with Crippen LogP contribution in [0.15, 0.2) is 102 Å². The fourth-order valence-corrected chi connectivity index (χ4v) is 6.81. The summed E-state index contributed by atoms with van der Waals surface area (Å²) in [6.45, 7) is 7.36. The van der Waals surface area contributed by atoms with E-state index in [0.29, 0.717) is 36.6 Å². The number of amides is 1. The highest BCUT2D eigenvalue weighted by Crippen LogP contribution is 2.30. The third-order valence-corrected chi connectivity index (χ3v) is 9.90. The van der Waals surface area contributed by atoms with Crippen molar-refractivity contribution in [2.45, 2.75) is 50.8 Å². The lowest BCUT2D eigenvalue weighted by atomic mass is 10.0. The number of anilines is 1. The summed E-state index contributed by atoms with van der Waals surface area (Å²) in [5, 5.41) is 9.97. The lowest BCUT2D eigenvalue weighted by molar-refractivity contribution is -0.134. The molecule has 8 nitrogen and oxygen atoms in total. The zero-order valence-corrected chi connectivity index (χ0v) is 27.7. The van der Waals surface area contributed by atoms with E-state index >= 15 is 0 Å². The number of sulfonamides is 1. The zero-order valence-electron chi connectivity index (χ0n) is 26.9. The van der Waals surface area contributed by atoms with Crippen LogP contribution in [0.3, 0.4) is 0 Å². The largest absolute Gasteiger partial charge is 0.488 e. The predicted molar refractivity (Wildman–Crippen MR) is 182 cm³/mol. The van der Waals surface area contributed by atoms with E-state index in [2.05, 4.69) is 60.0 Å². The van der Waals surface area contributed by atoms with Gasteiger partial charge >= 0.3 is 0 Å². The van der Waals surface area contributed by atoms with Crippen molar-refractivity contribution in [3.8, 4) is 16.9 Å². The van der Waals surface area contributed by atoms with E-state index in [9.17, 15) is 18.3 Å². The van der Waals surface area contributed by atoms with Gasteiger partial charge in [-0.25, -0.2) is 8.42 Å². The zero-order chi connectivity index (χ0) is 32.8. The molecule has 5 rings (SSSR count). The summed E-state index contributed by atoms with van der Waals surface area (Å²) in [6.07, 6.45) is -0.259. The summed E-state index contributed by atoms with van der Waals surface area (Å²) in [7, 11) is -1.78. The van der Waals surface area contributed by atoms with Crippen LogP contribution in [-0.4, -0.2) is 68.1 Å². The number of hydrogen-bond donors (Lipinski definition) is 2. The fourth-order valence-electron chi connectivity index (χ4n) is 5.76. The molecule has 1 heterocycles. The van der Waals surface area contributed by atoms with Gasteiger partial charge in [0.1, 0.15) is 11.9 Å². The van der Waals surface area contributed by atoms with Crippen molar-refractivity contribution in [2.24, 2.45) is 5.92 Å². The van der Waals surface area contributed by atoms with Crippen LogP contribution in [0, 0.1) is 12.8 Å². The van der Waals surface area contributed by atoms with Crippen LogP contribution in [-0.2, 0) is 27.8 Å². The van der Waals surface area contributed by atoms with Gasteiger partial charge in [-0.2, -0.15) is 0 Å². The molecule has 3 atom stereocenters. The Balaban J connectivity index is 1.37. The summed E-state index contributed by atoms with van der Waals surface area (Å²) in [4.78, 5) is 17.7. The molecule has 0 unspecified atom stereocenters. The number of benzene rings is 4. The number of aliphatic hydroxyl groups is 1. The summed E-state index contributed by atoms with van der Waals surface area (Å²) in [6, 6.07) is 30.2. The Kier molecular flexibility index (Phi) is 10.5. The van der Waals surface area contributed by atoms with Gasteiger partial charge in [-0.15, -0.1) is 0 Å². The number of aryl methyl sites for hydroxylation is 1. The molecule has 0 aliphatic carbocycles. The molecular formula is C37H43N3O5S. The second kappa shape index (κ2) is 14.5. The summed E-state index contributed by atoms with van der Waals surface area (Å²) < 4.78 is 35.5. The molecule has 0 radical (unpaired) electrons. The van der Waals surface area contributed by atoms with Gasteiger partial charge < -0.3 is 14.7 Å². The van der Waals surface area contributed by atoms with Crippen molar-refractivity contribution in [2.75, 3.05) is 31.5 Å². The Bertz CT molecular complexity index is 1730. The van der Waals surface area contributed by atoms with E-state index in [1.165, 1.54) is 16.7 Å². The monoisotopic (exact) mass is 641 g/mol. The van der Waals surface area contributed by atoms with E-state index in [0.717, 1.165) is 5.56 Å². The first-order valence-electron chi connectivity index (χ1n) is 15.6. The van der Waals surface area contributed by atoms with Crippen molar-refractivity contribution in [1.82, 2.24) is 9.80 Å². The number of carbonyl (C=O) groups excluding carboxylic acids is 1. The molecule has 0 aromatic heterocycles. The highest BCUT2D eigenvalue weighted by molar-refractivity contribution is 7.92. The van der Waals surface area contributed by atoms with Crippen LogP contribution in [0.1, 0.15) is 30.5 Å². The van der Waals surface area contributed by atoms with Crippen molar-refractivity contribution in [3.05, 3.63) is 114 Å². The standard InChI is InChI=1S/C37H43N3O5S/c1-26-10-17-34(18-11-26)46(43,44)38-33-16-19-35-32(20-33)21-37(42)40(28(3)25-41)22-27(2)36(45-35)24-39(4)23-29-12-14-31(15-13-29)30-8-6-5-7-9-30/h5-20,27-28,36,38,41H,21-25H2,1-4H3/t27-,28-,36+/m0/s1. The highest BCUT2D eigenvalue weighted by atomic mass is 32.2. The van der Waals surface area contributed by atoms with Crippen molar-refractivity contribution in [3.63, 3.8) is 0 Å². The second-order valence-electron chi connectivity index (χ2n) is 12.4. The third kappa shape index (κ3) is 8.15. The number of carbonyl (C=O) groups is 1. The molecule has 242 valence electrons. The maximum absolute atomic E-state index is 13.6. The van der Waals surface area contributed by atoms with E-state index in [4.69, 9.17) is 4.74 Å². The molecule has 0 fully saturated rings. The minimum absolute atomic E-state index is 0.0167. The normalized spacial score (nSPS) is 17.8. The molecule has 4 aromatic carbocycles. The number of hydrogen-bond acceptors (Lipinski definition) is 6. The maximum atomic E-state index is 13.6. The second-order valence-corrected chi connectivity index (χ2v) is 14.1. The lowest BCUT2D eigenvalue weighted by Crippen LogP contribution is -2.47. The van der Waals surface area contributed by atoms with Crippen LogP contribution in [0.4, 0.5) is 5.69 Å². The summed E-state index contributed by atoms with van der Waals surface area (Å²) >= 11 is 0. The summed E-state index contributed by atoms with van der Waals surface area (Å²) in [5.41, 5.74) is 5.41. The first-order chi connectivity index (χ1) is 22.0. The number of ether oxygens (including phenoxy) is 1. The number of nitrogens with zero attached hydrogens (tertiary/aromatic N) is 2. The Morgan fingerprint density at radius 1 is 0.978 bits per heavy atom. The molecule has 1 aliphatic heterocycles. The molecular weight excluding hydrogens is 598 g/mol. The molecule has 0 spiro atoms. The minimum atomic E-state index is -3.83. The number of nitrogens with one attached hydrogen (secondary N) is 1. The van der Waals surface area contributed by atoms with Crippen molar-refractivity contribution >= 4 is 21.6 Å². The van der Waals surface area contributed by atoms with Crippen molar-refractivity contribution in [1.29, 1.82) is 0 Å². The molecule has 9 heteroatoms. The summed E-state index contributed by atoms with van der Waals surface area (Å²) in [5.74, 6) is 0.346. The molecule has 2 N–H and O–H groups in total. The fraction of sp³-hybridized carbons (Fsp3) is 0.324. The predicted octanol–water partition coefficient (Wildman–Crippen LogP) is 5.74. The molecule has 1 amide bonds. The minimum Gasteiger partial charge on any atom is -0.488 e. The molecule has 4 aromatic rings. The Labute approximate surface area is 272 Å². The van der Waals surface area contributed by atoms with Crippen LogP contribution < -0.4 is 9.46 Å². The average molecular weight is 642 g/mol. The molecule has 0 saturated heterocycles. The molecule has 46 heavy (non-hydrogen) atoms.